The van der Waals surface area contributed by atoms with E-state index in [1.54, 1.807) is 12.3 Å². The summed E-state index contributed by atoms with van der Waals surface area (Å²) in [6.07, 6.45) is 4.78. The molecule has 1 aromatic rings. The minimum atomic E-state index is 0.0617. The van der Waals surface area contributed by atoms with Gasteiger partial charge in [-0.25, -0.2) is 4.98 Å². The van der Waals surface area contributed by atoms with Gasteiger partial charge in [0.15, 0.2) is 0 Å². The Labute approximate surface area is 95.3 Å². The molecule has 0 aromatic carbocycles. The molecule has 0 spiro atoms. The van der Waals surface area contributed by atoms with Crippen LogP contribution >= 0.6 is 0 Å². The Morgan fingerprint density at radius 1 is 1.50 bits per heavy atom. The van der Waals surface area contributed by atoms with Gasteiger partial charge >= 0.3 is 0 Å². The van der Waals surface area contributed by atoms with Crippen LogP contribution < -0.4 is 11.1 Å². The third-order valence-electron chi connectivity index (χ3n) is 3.21. The number of hydrogen-bond acceptors (Lipinski definition) is 3. The number of nitrogens with zero attached hydrogens (tertiary/aromatic N) is 1. The Balaban J connectivity index is 1.98. The van der Waals surface area contributed by atoms with Crippen LogP contribution in [-0.2, 0) is 4.79 Å². The highest BCUT2D eigenvalue weighted by molar-refractivity contribution is 5.92. The highest BCUT2D eigenvalue weighted by atomic mass is 16.2. The minimum absolute atomic E-state index is 0.0617. The highest BCUT2D eigenvalue weighted by Crippen LogP contribution is 2.31. The van der Waals surface area contributed by atoms with Crippen molar-refractivity contribution in [3.63, 3.8) is 0 Å². The van der Waals surface area contributed by atoms with Crippen molar-refractivity contribution in [2.75, 3.05) is 11.9 Å². The fourth-order valence-corrected chi connectivity index (χ4v) is 2.32. The van der Waals surface area contributed by atoms with Crippen molar-refractivity contribution in [1.29, 1.82) is 0 Å². The Morgan fingerprint density at radius 3 is 3.06 bits per heavy atom. The molecule has 0 saturated heterocycles. The zero-order valence-electron chi connectivity index (χ0n) is 9.23. The molecule has 0 aliphatic heterocycles. The maximum Gasteiger partial charge on any atom is 0.228 e. The normalized spacial score (nSPS) is 24.3. The Bertz CT molecular complexity index is 353. The first-order valence-electron chi connectivity index (χ1n) is 5.73. The molecule has 1 amide bonds. The van der Waals surface area contributed by atoms with Crippen molar-refractivity contribution in [3.8, 4) is 0 Å². The summed E-state index contributed by atoms with van der Waals surface area (Å²) in [6.45, 7) is 0.598. The summed E-state index contributed by atoms with van der Waals surface area (Å²) in [7, 11) is 0. The molecule has 4 heteroatoms. The molecule has 1 fully saturated rings. The van der Waals surface area contributed by atoms with E-state index in [9.17, 15) is 4.79 Å². The van der Waals surface area contributed by atoms with Crippen LogP contribution in [0.4, 0.5) is 5.82 Å². The van der Waals surface area contributed by atoms with E-state index in [2.05, 4.69) is 10.3 Å². The summed E-state index contributed by atoms with van der Waals surface area (Å²) < 4.78 is 0. The van der Waals surface area contributed by atoms with Crippen molar-refractivity contribution < 1.29 is 4.79 Å². The van der Waals surface area contributed by atoms with Crippen molar-refractivity contribution in [2.24, 2.45) is 17.6 Å². The third-order valence-corrected chi connectivity index (χ3v) is 3.21. The van der Waals surface area contributed by atoms with E-state index in [4.69, 9.17) is 5.73 Å². The van der Waals surface area contributed by atoms with E-state index >= 15 is 0 Å². The monoisotopic (exact) mass is 219 g/mol. The van der Waals surface area contributed by atoms with Crippen molar-refractivity contribution >= 4 is 11.7 Å². The van der Waals surface area contributed by atoms with Crippen LogP contribution in [0.5, 0.6) is 0 Å². The predicted molar refractivity (Wildman–Crippen MR) is 62.8 cm³/mol. The molecule has 1 aromatic heterocycles. The van der Waals surface area contributed by atoms with Crippen LogP contribution in [0.15, 0.2) is 24.4 Å². The van der Waals surface area contributed by atoms with Gasteiger partial charge in [-0.1, -0.05) is 12.5 Å². The van der Waals surface area contributed by atoms with Gasteiger partial charge in [0.1, 0.15) is 5.82 Å². The lowest BCUT2D eigenvalue weighted by Gasteiger charge is -2.16. The number of pyridine rings is 1. The molecule has 2 atom stereocenters. The maximum absolute atomic E-state index is 12.0. The molecule has 86 valence electrons. The van der Waals surface area contributed by atoms with Crippen LogP contribution in [0.3, 0.4) is 0 Å². The van der Waals surface area contributed by atoms with Gasteiger partial charge in [-0.3, -0.25) is 4.79 Å². The van der Waals surface area contributed by atoms with E-state index in [0.29, 0.717) is 18.3 Å². The van der Waals surface area contributed by atoms with Crippen molar-refractivity contribution in [2.45, 2.75) is 19.3 Å². The largest absolute Gasteiger partial charge is 0.330 e. The number of rotatable bonds is 3. The number of hydrogen-bond donors (Lipinski definition) is 2. The van der Waals surface area contributed by atoms with Gasteiger partial charge in [-0.15, -0.1) is 0 Å². The van der Waals surface area contributed by atoms with Gasteiger partial charge in [-0.2, -0.15) is 0 Å². The zero-order valence-corrected chi connectivity index (χ0v) is 9.23. The number of nitrogens with two attached hydrogens (primary N) is 1. The number of nitrogens with one attached hydrogen (secondary N) is 1. The number of carbonyl (C=O) groups excluding carboxylic acids is 1. The second kappa shape index (κ2) is 5.07. The first-order chi connectivity index (χ1) is 7.81. The van der Waals surface area contributed by atoms with Gasteiger partial charge < -0.3 is 11.1 Å². The first-order valence-corrected chi connectivity index (χ1v) is 5.73. The summed E-state index contributed by atoms with van der Waals surface area (Å²) >= 11 is 0. The quantitative estimate of drug-likeness (QED) is 0.807. The van der Waals surface area contributed by atoms with Crippen LogP contribution in [0.25, 0.3) is 0 Å². The Hall–Kier alpha value is -1.42. The first kappa shape index (κ1) is 11.1. The molecular formula is C12H17N3O. The van der Waals surface area contributed by atoms with E-state index < -0.39 is 0 Å². The molecule has 2 unspecified atom stereocenters. The summed E-state index contributed by atoms with van der Waals surface area (Å²) in [5.41, 5.74) is 5.66. The Morgan fingerprint density at radius 2 is 2.38 bits per heavy atom. The lowest BCUT2D eigenvalue weighted by Crippen LogP contribution is -2.29. The molecule has 16 heavy (non-hydrogen) atoms. The third kappa shape index (κ3) is 2.39. The van der Waals surface area contributed by atoms with Crippen LogP contribution in [0, 0.1) is 11.8 Å². The van der Waals surface area contributed by atoms with E-state index in [1.165, 1.54) is 0 Å². The van der Waals surface area contributed by atoms with Gasteiger partial charge in [0.2, 0.25) is 5.91 Å². The molecule has 2 rings (SSSR count). The fraction of sp³-hybridized carbons (Fsp3) is 0.500. The van der Waals surface area contributed by atoms with Gasteiger partial charge in [0, 0.05) is 12.1 Å². The second-order valence-corrected chi connectivity index (χ2v) is 4.24. The summed E-state index contributed by atoms with van der Waals surface area (Å²) in [6, 6.07) is 5.48. The topological polar surface area (TPSA) is 68.0 Å². The lowest BCUT2D eigenvalue weighted by molar-refractivity contribution is -0.120. The molecule has 0 bridgehead atoms. The molecule has 3 N–H and O–H groups in total. The van der Waals surface area contributed by atoms with Gasteiger partial charge in [0.05, 0.1) is 0 Å². The second-order valence-electron chi connectivity index (χ2n) is 4.24. The molecule has 1 aliphatic rings. The number of amides is 1. The predicted octanol–water partition coefficient (Wildman–Crippen LogP) is 1.40. The number of aromatic nitrogens is 1. The van der Waals surface area contributed by atoms with Crippen molar-refractivity contribution in [3.05, 3.63) is 24.4 Å². The standard InChI is InChI=1S/C12H17N3O/c13-8-9-4-3-5-10(9)12(16)15-11-6-1-2-7-14-11/h1-2,6-7,9-10H,3-5,8,13H2,(H,14,15,16). The van der Waals surface area contributed by atoms with Gasteiger partial charge in [-0.05, 0) is 37.4 Å². The number of anilines is 1. The van der Waals surface area contributed by atoms with Crippen LogP contribution in [-0.4, -0.2) is 17.4 Å². The zero-order chi connectivity index (χ0) is 11.4. The minimum Gasteiger partial charge on any atom is -0.330 e. The highest BCUT2D eigenvalue weighted by Gasteiger charge is 2.31. The van der Waals surface area contributed by atoms with Crippen molar-refractivity contribution in [1.82, 2.24) is 4.98 Å². The average Bonchev–Trinajstić information content (AvgIpc) is 2.78. The summed E-state index contributed by atoms with van der Waals surface area (Å²) in [5, 5.41) is 2.84. The molecule has 1 aliphatic carbocycles. The molecule has 4 nitrogen and oxygen atoms in total. The molecule has 1 heterocycles. The van der Waals surface area contributed by atoms with Crippen LogP contribution in [0.2, 0.25) is 0 Å². The Kier molecular flexibility index (Phi) is 3.51. The smallest absolute Gasteiger partial charge is 0.228 e. The maximum atomic E-state index is 12.0. The summed E-state index contributed by atoms with van der Waals surface area (Å²) in [5.74, 6) is 1.08. The fourth-order valence-electron chi connectivity index (χ4n) is 2.32. The lowest BCUT2D eigenvalue weighted by atomic mass is 9.95. The van der Waals surface area contributed by atoms with E-state index in [1.807, 2.05) is 12.1 Å². The SMILES string of the molecule is NCC1CCCC1C(=O)Nc1ccccn1. The van der Waals surface area contributed by atoms with E-state index in [0.717, 1.165) is 19.3 Å². The molecule has 0 radical (unpaired) electrons. The van der Waals surface area contributed by atoms with E-state index in [-0.39, 0.29) is 11.8 Å². The summed E-state index contributed by atoms with van der Waals surface area (Å²) in [4.78, 5) is 16.1. The van der Waals surface area contributed by atoms with Crippen LogP contribution in [0.1, 0.15) is 19.3 Å². The average molecular weight is 219 g/mol. The molecular weight excluding hydrogens is 202 g/mol. The number of carbonyl (C=O) groups is 1. The van der Waals surface area contributed by atoms with Gasteiger partial charge in [0.25, 0.3) is 0 Å². The molecule has 1 saturated carbocycles.